The van der Waals surface area contributed by atoms with Gasteiger partial charge in [-0.1, -0.05) is 210 Å². The Kier molecular flexibility index (Phi) is 13.1. The fourth-order valence-corrected chi connectivity index (χ4v) is 17.3. The van der Waals surface area contributed by atoms with Gasteiger partial charge in [-0.05, 0) is 204 Å². The van der Waals surface area contributed by atoms with Gasteiger partial charge in [-0.25, -0.2) is 0 Å². The van der Waals surface area contributed by atoms with Gasteiger partial charge >= 0.3 is 0 Å². The molecule has 18 rings (SSSR count). The molecule has 6 heterocycles. The molecule has 12 aromatic carbocycles. The van der Waals surface area contributed by atoms with Crippen LogP contribution in [0, 0.1) is 11.3 Å². The third-order valence-electron chi connectivity index (χ3n) is 21.3. The fourth-order valence-electron chi connectivity index (χ4n) is 16.1. The van der Waals surface area contributed by atoms with Crippen molar-refractivity contribution in [2.24, 2.45) is 0 Å². The molecule has 98 heavy (non-hydrogen) atoms. The third-order valence-corrected chi connectivity index (χ3v) is 22.5. The minimum atomic E-state index is -0.154. The highest BCUT2D eigenvalue weighted by atomic mass is 32.2. The Morgan fingerprint density at radius 1 is 0.347 bits per heavy atom. The molecule has 0 amide bonds. The Hall–Kier alpha value is -10.4. The summed E-state index contributed by atoms with van der Waals surface area (Å²) in [6.07, 6.45) is 0. The summed E-state index contributed by atoms with van der Waals surface area (Å²) < 4.78 is 19.3. The van der Waals surface area contributed by atoms with Crippen molar-refractivity contribution in [1.29, 1.82) is 5.26 Å². The van der Waals surface area contributed by atoms with Gasteiger partial charge in [-0.15, -0.1) is 0 Å². The lowest BCUT2D eigenvalue weighted by Gasteiger charge is -2.41. The van der Waals surface area contributed by atoms with Gasteiger partial charge in [0.05, 0.1) is 39.4 Å². The highest BCUT2D eigenvalue weighted by Gasteiger charge is 2.44. The summed E-state index contributed by atoms with van der Waals surface area (Å²) in [5, 5.41) is 15.0. The van der Waals surface area contributed by atoms with Crippen LogP contribution in [-0.4, -0.2) is 22.6 Å². The molecule has 0 N–H and O–H groups in total. The van der Waals surface area contributed by atoms with E-state index in [2.05, 4.69) is 328 Å². The predicted octanol–water partition coefficient (Wildman–Crippen LogP) is 19.8. The van der Waals surface area contributed by atoms with Crippen LogP contribution in [0.3, 0.4) is 0 Å². The van der Waals surface area contributed by atoms with Crippen LogP contribution in [-0.2, 0) is 21.7 Å². The maximum Gasteiger partial charge on any atom is 0.260 e. The number of benzene rings is 12. The van der Waals surface area contributed by atoms with Crippen molar-refractivity contribution in [3.8, 4) is 62.7 Å². The van der Waals surface area contributed by atoms with Crippen molar-refractivity contribution in [2.45, 2.75) is 115 Å². The van der Waals surface area contributed by atoms with E-state index >= 15 is 0 Å². The summed E-state index contributed by atoms with van der Waals surface area (Å²) in [4.78, 5) is 4.97. The molecule has 9 heteroatoms. The second kappa shape index (κ2) is 21.3. The van der Waals surface area contributed by atoms with E-state index in [0.29, 0.717) is 5.56 Å². The third kappa shape index (κ3) is 9.31. The first-order valence-electron chi connectivity index (χ1n) is 34.5. The van der Waals surface area contributed by atoms with Gasteiger partial charge in [0.15, 0.2) is 0 Å². The van der Waals surface area contributed by atoms with Gasteiger partial charge in [0.1, 0.15) is 23.0 Å². The molecule has 0 bridgehead atoms. The number of anilines is 3. The Morgan fingerprint density at radius 3 is 1.46 bits per heavy atom. The summed E-state index contributed by atoms with van der Waals surface area (Å²) >= 11 is 1.86. The summed E-state index contributed by atoms with van der Waals surface area (Å²) in [5.41, 5.74) is 26.9. The Morgan fingerprint density at radius 2 is 0.837 bits per heavy atom. The van der Waals surface area contributed by atoms with E-state index < -0.39 is 0 Å². The molecule has 0 unspecified atom stereocenters. The number of rotatable bonds is 5. The van der Waals surface area contributed by atoms with Crippen molar-refractivity contribution < 1.29 is 9.47 Å². The number of nitrogens with zero attached hydrogens (tertiary/aromatic N) is 4. The van der Waals surface area contributed by atoms with Crippen molar-refractivity contribution >= 4 is 119 Å². The number of ether oxygens (including phenoxy) is 2. The summed E-state index contributed by atoms with van der Waals surface area (Å²) in [5.74, 6) is 3.35. The molecule has 0 radical (unpaired) electrons. The largest absolute Gasteiger partial charge is 0.458 e. The lowest BCUT2D eigenvalue weighted by Crippen LogP contribution is -2.59. The number of nitriles is 1. The van der Waals surface area contributed by atoms with Crippen LogP contribution in [0.5, 0.6) is 23.0 Å². The van der Waals surface area contributed by atoms with Crippen molar-refractivity contribution in [2.75, 3.05) is 4.90 Å². The molecule has 474 valence electrons. The molecule has 14 aromatic rings. The van der Waals surface area contributed by atoms with Crippen LogP contribution >= 0.6 is 11.8 Å². The summed E-state index contributed by atoms with van der Waals surface area (Å²) in [6.45, 7) is 27.3. The van der Waals surface area contributed by atoms with Gasteiger partial charge in [0.25, 0.3) is 6.71 Å². The predicted molar refractivity (Wildman–Crippen MR) is 413 cm³/mol. The molecular formula is C89H74B2N4O2S. The van der Waals surface area contributed by atoms with Gasteiger partial charge in [-0.3, -0.25) is 0 Å². The first kappa shape index (κ1) is 60.1. The van der Waals surface area contributed by atoms with Crippen LogP contribution in [0.25, 0.3) is 77.2 Å². The number of hydrogen-bond acceptors (Lipinski definition) is 5. The van der Waals surface area contributed by atoms with E-state index in [9.17, 15) is 5.26 Å². The molecule has 4 aliphatic heterocycles. The van der Waals surface area contributed by atoms with E-state index in [1.54, 1.807) is 0 Å². The lowest BCUT2D eigenvalue weighted by molar-refractivity contribution is 0.463. The van der Waals surface area contributed by atoms with Crippen molar-refractivity contribution in [3.05, 3.63) is 258 Å². The Bertz CT molecular complexity index is 5750. The van der Waals surface area contributed by atoms with E-state index in [4.69, 9.17) is 9.47 Å². The molecule has 6 nitrogen and oxygen atoms in total. The maximum absolute atomic E-state index is 10.3. The molecule has 2 aromatic heterocycles. The monoisotopic (exact) mass is 1280 g/mol. The van der Waals surface area contributed by atoms with Gasteiger partial charge < -0.3 is 23.5 Å². The second-order valence-electron chi connectivity index (χ2n) is 31.7. The fraction of sp³-hybridized carbons (Fsp3) is 0.180. The zero-order valence-electron chi connectivity index (χ0n) is 57.6. The Labute approximate surface area is 579 Å². The zero-order chi connectivity index (χ0) is 67.2. The van der Waals surface area contributed by atoms with E-state index in [-0.39, 0.29) is 35.1 Å². The molecule has 0 spiro atoms. The summed E-state index contributed by atoms with van der Waals surface area (Å²) in [7, 11) is 0. The minimum absolute atomic E-state index is 0.0451. The maximum atomic E-state index is 10.3. The minimum Gasteiger partial charge on any atom is -0.458 e. The first-order chi connectivity index (χ1) is 47.0. The molecule has 4 aliphatic rings. The quantitative estimate of drug-likeness (QED) is 0.161. The highest BCUT2D eigenvalue weighted by Crippen LogP contribution is 2.50. The van der Waals surface area contributed by atoms with E-state index in [1.807, 2.05) is 17.8 Å². The van der Waals surface area contributed by atoms with Crippen LogP contribution < -0.4 is 47.2 Å². The lowest BCUT2D eigenvalue weighted by atomic mass is 9.34. The SMILES string of the molecule is CC(C)(C)c1ccc2c(c1)Oc1cc(-c3cc4c5c(c3)N(c3ccccc3-c3ccccc3)c3cc(-n6c7ccc(C(C)(C)C)cc7c7cc(C(C)(C)C)ccc76)ccc3B5c3ccc(-n5c6ccc(C#N)cc6c6cc(C(C)(C)C)ccc65)cc3S4)cc3c1B2c1ccccc1O3. The highest BCUT2D eigenvalue weighted by molar-refractivity contribution is 8.00. The number of para-hydroxylation sites is 2. The van der Waals surface area contributed by atoms with Crippen LogP contribution in [0.15, 0.2) is 240 Å². The standard InChI is InChI=1S/C89H74B2N4O2S/c1-86(2,3)56-28-37-73-64(45-56)63-40-52(51-92)26-36-72(63)94(73)61-32-35-70-82(50-61)98-83-44-54(55-42-80-85-81(43-55)97-79-48-59(89(10,11)12)27-33-69(79)91(85)68-23-17-19-25-78(68)96-80)41-77-84(83)90(70)67-34-31-60(49-76(67)95(77)71-24-18-16-22-62(71)53-20-14-13-15-21-53)93-74-38-29-57(87(4,5)6)46-65(74)66-47-58(88(7,8)9)30-39-75(66)93/h13-50H,1-12H3. The van der Waals surface area contributed by atoms with E-state index in [1.165, 1.54) is 70.2 Å². The molecular weight excluding hydrogens is 1210 g/mol. The van der Waals surface area contributed by atoms with Gasteiger partial charge in [-0.2, -0.15) is 5.26 Å². The molecule has 0 atom stereocenters. The number of aromatic nitrogens is 2. The normalized spacial score (nSPS) is 13.8. The van der Waals surface area contributed by atoms with Crippen LogP contribution in [0.2, 0.25) is 0 Å². The van der Waals surface area contributed by atoms with Gasteiger partial charge in [0, 0.05) is 65.1 Å². The van der Waals surface area contributed by atoms with Gasteiger partial charge in [0.2, 0.25) is 6.71 Å². The topological polar surface area (TPSA) is 55.3 Å². The average Bonchev–Trinajstić information content (AvgIpc) is 0.751. The van der Waals surface area contributed by atoms with Crippen molar-refractivity contribution in [3.63, 3.8) is 0 Å². The molecule has 0 fully saturated rings. The molecule has 0 aliphatic carbocycles. The Balaban J connectivity index is 0.909. The average molecular weight is 1290 g/mol. The number of hydrogen-bond donors (Lipinski definition) is 0. The van der Waals surface area contributed by atoms with Crippen LogP contribution in [0.4, 0.5) is 17.1 Å². The molecule has 0 saturated heterocycles. The van der Waals surface area contributed by atoms with E-state index in [0.717, 1.165) is 112 Å². The zero-order valence-corrected chi connectivity index (χ0v) is 58.4. The second-order valence-corrected chi connectivity index (χ2v) is 32.7. The van der Waals surface area contributed by atoms with Crippen LogP contribution in [0.1, 0.15) is 111 Å². The first-order valence-corrected chi connectivity index (χ1v) is 35.3. The summed E-state index contributed by atoms with van der Waals surface area (Å²) in [6, 6.07) is 89.0. The smallest absolute Gasteiger partial charge is 0.260 e. The molecule has 0 saturated carbocycles. The van der Waals surface area contributed by atoms with Crippen molar-refractivity contribution in [1.82, 2.24) is 9.13 Å². The number of fused-ring (bicyclic) bond motifs is 14.